The Hall–Kier alpha value is -3.65. The first kappa shape index (κ1) is 55.4. The van der Waals surface area contributed by atoms with Gasteiger partial charge in [0.15, 0.2) is 0 Å². The van der Waals surface area contributed by atoms with Gasteiger partial charge < -0.3 is 45.0 Å². The number of carboxylic acid groups (broad SMARTS) is 2. The summed E-state index contributed by atoms with van der Waals surface area (Å²) >= 11 is 0. The van der Waals surface area contributed by atoms with Crippen molar-refractivity contribution in [2.24, 2.45) is 5.92 Å². The monoisotopic (exact) mass is 882 g/mol. The molecule has 1 saturated carbocycles. The Bertz CT molecular complexity index is 2190. The largest absolute Gasteiger partial charge is 1.00 e. The van der Waals surface area contributed by atoms with Crippen LogP contribution in [-0.4, -0.2) is 88.8 Å². The van der Waals surface area contributed by atoms with E-state index in [0.29, 0.717) is 31.4 Å². The number of aryl methyl sites for hydroxylation is 2. The van der Waals surface area contributed by atoms with Crippen molar-refractivity contribution in [3.05, 3.63) is 119 Å². The van der Waals surface area contributed by atoms with E-state index in [2.05, 4.69) is 15.5 Å². The summed E-state index contributed by atoms with van der Waals surface area (Å²) in [4.78, 5) is 52.5. The molecule has 1 saturated heterocycles. The summed E-state index contributed by atoms with van der Waals surface area (Å²) in [7, 11) is -4.00. The molecule has 2 aliphatic rings. The maximum absolute atomic E-state index is 13.9. The first-order valence-corrected chi connectivity index (χ1v) is 20.6. The molecule has 0 unspecified atom stereocenters. The van der Waals surface area contributed by atoms with Gasteiger partial charge in [-0.05, 0) is 130 Å². The molecule has 0 bridgehead atoms. The minimum absolute atomic E-state index is 0. The zero-order valence-electron chi connectivity index (χ0n) is 36.9. The second-order valence-electron chi connectivity index (χ2n) is 14.5. The van der Waals surface area contributed by atoms with E-state index in [1.807, 2.05) is 42.5 Å². The van der Waals surface area contributed by atoms with Gasteiger partial charge in [0.05, 0.1) is 27.6 Å². The predicted octanol–water partition coefficient (Wildman–Crippen LogP) is -0.922. The molecule has 15 nitrogen and oxygen atoms in total. The van der Waals surface area contributed by atoms with Crippen LogP contribution >= 0.6 is 0 Å². The van der Waals surface area contributed by atoms with Gasteiger partial charge in [-0.3, -0.25) is 14.4 Å². The number of anilines is 3. The fraction of sp³-hybridized carbons (Fsp3) is 0.349. The smallest absolute Gasteiger partial charge is 1.00 e. The third-order valence-corrected chi connectivity index (χ3v) is 12.8. The predicted molar refractivity (Wildman–Crippen MR) is 228 cm³/mol. The quantitative estimate of drug-likeness (QED) is 0.114. The summed E-state index contributed by atoms with van der Waals surface area (Å²) in [5, 5.41) is 24.4. The summed E-state index contributed by atoms with van der Waals surface area (Å²) in [6, 6.07) is 25.1. The number of nitrogens with one attached hydrogen (secondary N) is 2. The number of carbonyl (C=O) groups is 4. The molecule has 4 aromatic rings. The number of hydrogen-bond donors (Lipinski definition) is 4. The normalized spacial score (nSPS) is 15.9. The summed E-state index contributed by atoms with van der Waals surface area (Å²) in [6.45, 7) is 3.67. The van der Waals surface area contributed by atoms with E-state index >= 15 is 0 Å². The summed E-state index contributed by atoms with van der Waals surface area (Å²) in [6.07, 6.45) is 6.36. The van der Waals surface area contributed by atoms with E-state index in [0.717, 1.165) is 62.0 Å². The van der Waals surface area contributed by atoms with Crippen LogP contribution in [0.25, 0.3) is 0 Å². The third kappa shape index (κ3) is 14.2. The molecule has 1 aliphatic heterocycles. The van der Waals surface area contributed by atoms with Crippen LogP contribution in [0.1, 0.15) is 96.9 Å². The van der Waals surface area contributed by atoms with E-state index in [4.69, 9.17) is 5.11 Å². The average molecular weight is 883 g/mol. The molecule has 322 valence electrons. The van der Waals surface area contributed by atoms with Crippen molar-refractivity contribution < 1.29 is 116 Å². The van der Waals surface area contributed by atoms with Crippen LogP contribution in [0, 0.1) is 5.92 Å². The molecule has 0 radical (unpaired) electrons. The molecule has 1 aliphatic carbocycles. The van der Waals surface area contributed by atoms with E-state index in [1.54, 1.807) is 31.2 Å². The fourth-order valence-electron chi connectivity index (χ4n) is 7.60. The van der Waals surface area contributed by atoms with Crippen LogP contribution in [0.5, 0.6) is 0 Å². The number of hydrogen-bond acceptors (Lipinski definition) is 7. The molecule has 2 amide bonds. The van der Waals surface area contributed by atoms with E-state index in [9.17, 15) is 32.7 Å². The number of benzene rings is 4. The minimum Gasteiger partial charge on any atom is -1.00 e. The van der Waals surface area contributed by atoms with Crippen LogP contribution < -0.4 is 74.6 Å². The third-order valence-electron chi connectivity index (χ3n) is 10.8. The number of carbonyl (C=O) groups excluding carboxylic acids is 2. The van der Waals surface area contributed by atoms with Gasteiger partial charge in [0, 0.05) is 42.6 Å². The SMILES string of the molecule is CCN(C1CCC(C(=O)O)CC1)S(=O)(=O)c1cccc(C(=O)Nc2ccc(N3CCCCC3)cc2C(=O)Nc2ccc(CCc3ccc(C(=O)O)cc3)cc2)c1.O.O.O.[H-].[H-].[Na+].[Na+]. The van der Waals surface area contributed by atoms with Gasteiger partial charge in [-0.15, -0.1) is 0 Å². The van der Waals surface area contributed by atoms with Crippen molar-refractivity contribution in [3.8, 4) is 0 Å². The van der Waals surface area contributed by atoms with Crippen molar-refractivity contribution in [1.29, 1.82) is 0 Å². The molecule has 4 aromatic carbocycles. The number of aliphatic carboxylic acids is 1. The van der Waals surface area contributed by atoms with Crippen LogP contribution in [0.15, 0.2) is 95.9 Å². The van der Waals surface area contributed by atoms with Gasteiger partial charge >= 0.3 is 71.1 Å². The second-order valence-corrected chi connectivity index (χ2v) is 16.4. The molecular weight excluding hydrogens is 827 g/mol. The van der Waals surface area contributed by atoms with Crippen molar-refractivity contribution >= 4 is 50.8 Å². The molecule has 0 atom stereocenters. The maximum Gasteiger partial charge on any atom is 1.00 e. The van der Waals surface area contributed by atoms with Gasteiger partial charge in [0.1, 0.15) is 0 Å². The number of carboxylic acids is 2. The Morgan fingerprint density at radius 2 is 1.31 bits per heavy atom. The summed E-state index contributed by atoms with van der Waals surface area (Å²) in [5.74, 6) is -3.29. The number of piperidine rings is 1. The zero-order valence-corrected chi connectivity index (χ0v) is 39.8. The van der Waals surface area contributed by atoms with Crippen LogP contribution in [0.3, 0.4) is 0 Å². The number of sulfonamides is 1. The van der Waals surface area contributed by atoms with Gasteiger partial charge in [-0.1, -0.05) is 37.3 Å². The van der Waals surface area contributed by atoms with E-state index in [-0.39, 0.29) is 118 Å². The second kappa shape index (κ2) is 25.5. The van der Waals surface area contributed by atoms with Crippen molar-refractivity contribution in [1.82, 2.24) is 4.31 Å². The van der Waals surface area contributed by atoms with Crippen molar-refractivity contribution in [3.63, 3.8) is 0 Å². The van der Waals surface area contributed by atoms with Gasteiger partial charge in [-0.2, -0.15) is 4.31 Å². The number of amides is 2. The number of rotatable bonds is 14. The fourth-order valence-corrected chi connectivity index (χ4v) is 9.34. The first-order valence-electron chi connectivity index (χ1n) is 19.2. The molecule has 6 rings (SSSR count). The standard InChI is InChI=1S/C43H48N4O8S.2Na.3H2O.2H/c1-2-47(35-21-17-32(18-22-35)43(52)53)56(54,55)37-8-6-7-33(27-37)40(48)45-39-24-23-36(46-25-4-3-5-26-46)28-38(39)41(49)44-34-19-13-30(14-20-34)10-9-29-11-15-31(16-12-29)42(50)51;;;;;;;/h6-8,11-16,19-20,23-24,27-28,32,35H,2-5,9-10,17-18,21-22,25-26H2,1H3,(H,44,49)(H,45,48)(H,50,51)(H,52,53);;;3*1H2;;/q;2*+1;;;;2*-1. The van der Waals surface area contributed by atoms with Crippen LogP contribution in [0.4, 0.5) is 17.1 Å². The molecule has 2 fully saturated rings. The summed E-state index contributed by atoms with van der Waals surface area (Å²) in [5.41, 5.74) is 4.38. The molecule has 61 heavy (non-hydrogen) atoms. The Balaban J connectivity index is 0. The molecule has 0 aromatic heterocycles. The Kier molecular flexibility index (Phi) is 23.1. The molecular formula is C43H56N4Na2O11S. The Labute approximate surface area is 403 Å². The maximum atomic E-state index is 13.9. The number of aromatic carboxylic acids is 1. The summed E-state index contributed by atoms with van der Waals surface area (Å²) < 4.78 is 29.1. The average Bonchev–Trinajstić information content (AvgIpc) is 3.21. The van der Waals surface area contributed by atoms with E-state index in [1.165, 1.54) is 28.6 Å². The first-order chi connectivity index (χ1) is 26.9. The van der Waals surface area contributed by atoms with Crippen molar-refractivity contribution in [2.75, 3.05) is 35.2 Å². The van der Waals surface area contributed by atoms with Gasteiger partial charge in [-0.25, -0.2) is 13.2 Å². The topological polar surface area (TPSA) is 268 Å². The number of nitrogens with zero attached hydrogens (tertiary/aromatic N) is 2. The van der Waals surface area contributed by atoms with Crippen molar-refractivity contribution in [2.45, 2.75) is 75.6 Å². The van der Waals surface area contributed by atoms with Crippen LogP contribution in [0.2, 0.25) is 0 Å². The minimum atomic E-state index is -4.00. The Morgan fingerprint density at radius 3 is 1.87 bits per heavy atom. The molecule has 10 N–H and O–H groups in total. The molecule has 1 heterocycles. The molecule has 0 spiro atoms. The van der Waals surface area contributed by atoms with Gasteiger partial charge in [0.2, 0.25) is 10.0 Å². The van der Waals surface area contributed by atoms with Gasteiger partial charge in [0.25, 0.3) is 11.8 Å². The van der Waals surface area contributed by atoms with E-state index < -0.39 is 39.7 Å². The Morgan fingerprint density at radius 1 is 0.721 bits per heavy atom. The van der Waals surface area contributed by atoms with Crippen LogP contribution in [-0.2, 0) is 27.7 Å². The molecule has 18 heteroatoms. The zero-order chi connectivity index (χ0) is 39.8.